The molecule has 0 N–H and O–H groups in total. The first-order valence-corrected chi connectivity index (χ1v) is 9.19. The zero-order valence-corrected chi connectivity index (χ0v) is 16.8. The Hall–Kier alpha value is -2.46. The molecule has 5 heteroatoms. The van der Waals surface area contributed by atoms with Crippen LogP contribution in [0, 0.1) is 13.8 Å². The van der Waals surface area contributed by atoms with Gasteiger partial charge in [0.15, 0.2) is 0 Å². The fourth-order valence-corrected chi connectivity index (χ4v) is 3.99. The van der Waals surface area contributed by atoms with Gasteiger partial charge in [0.2, 0.25) is 0 Å². The number of pyridine rings is 1. The maximum Gasteiger partial charge on any atom is 0.105 e. The molecule has 0 bridgehead atoms. The second-order valence-corrected chi connectivity index (χ2v) is 6.87. The second kappa shape index (κ2) is 8.05. The lowest BCUT2D eigenvalue weighted by Crippen LogP contribution is -2.30. The molecule has 3 heterocycles. The Balaban J connectivity index is 0.00000210. The van der Waals surface area contributed by atoms with Crippen LogP contribution in [-0.4, -0.2) is 22.7 Å². The van der Waals surface area contributed by atoms with Crippen LogP contribution >= 0.6 is 12.4 Å². The molecule has 4 nitrogen and oxygen atoms in total. The minimum absolute atomic E-state index is 0. The van der Waals surface area contributed by atoms with Gasteiger partial charge in [-0.25, -0.2) is 0 Å². The van der Waals surface area contributed by atoms with Crippen LogP contribution < -0.4 is 4.90 Å². The Labute approximate surface area is 166 Å². The van der Waals surface area contributed by atoms with Crippen molar-refractivity contribution in [3.8, 4) is 0 Å². The number of nitrogens with zero attached hydrogens (tertiary/aromatic N) is 3. The first-order chi connectivity index (χ1) is 12.7. The number of benzene rings is 1. The highest BCUT2D eigenvalue weighted by molar-refractivity contribution is 5.92. The number of fused-ring (bicyclic) bond motifs is 2. The van der Waals surface area contributed by atoms with Crippen molar-refractivity contribution in [1.29, 1.82) is 0 Å². The van der Waals surface area contributed by atoms with E-state index in [1.807, 2.05) is 6.20 Å². The minimum Gasteiger partial charge on any atom is -0.500 e. The fourth-order valence-electron chi connectivity index (χ4n) is 3.99. The van der Waals surface area contributed by atoms with E-state index in [1.165, 1.54) is 39.9 Å². The quantitative estimate of drug-likeness (QED) is 0.468. The van der Waals surface area contributed by atoms with Crippen molar-refractivity contribution < 1.29 is 4.74 Å². The summed E-state index contributed by atoms with van der Waals surface area (Å²) in [5.41, 5.74) is 8.97. The van der Waals surface area contributed by atoms with Gasteiger partial charge in [-0.2, -0.15) is 0 Å². The van der Waals surface area contributed by atoms with Gasteiger partial charge in [0.05, 0.1) is 29.5 Å². The molecule has 3 aromatic rings. The van der Waals surface area contributed by atoms with Gasteiger partial charge in [-0.05, 0) is 43.0 Å². The lowest BCUT2D eigenvalue weighted by molar-refractivity contribution is 0.237. The molecule has 142 valence electrons. The Morgan fingerprint density at radius 2 is 1.96 bits per heavy atom. The highest BCUT2D eigenvalue weighted by Gasteiger charge is 2.22. The summed E-state index contributed by atoms with van der Waals surface area (Å²) in [6.07, 6.45) is 4.53. The predicted molar refractivity (Wildman–Crippen MR) is 114 cm³/mol. The molecule has 4 rings (SSSR count). The molecule has 0 saturated heterocycles. The third-order valence-electron chi connectivity index (χ3n) is 5.50. The summed E-state index contributed by atoms with van der Waals surface area (Å²) in [5, 5.41) is 0. The van der Waals surface area contributed by atoms with E-state index in [1.54, 1.807) is 0 Å². The monoisotopic (exact) mass is 383 g/mol. The van der Waals surface area contributed by atoms with E-state index in [9.17, 15) is 0 Å². The maximum absolute atomic E-state index is 5.39. The van der Waals surface area contributed by atoms with Crippen molar-refractivity contribution in [2.75, 3.05) is 18.1 Å². The minimum atomic E-state index is 0. The van der Waals surface area contributed by atoms with Gasteiger partial charge in [0, 0.05) is 25.0 Å². The van der Waals surface area contributed by atoms with Crippen molar-refractivity contribution in [1.82, 2.24) is 9.55 Å². The normalized spacial score (nSPS) is 13.2. The SMILES string of the molecule is C=COCCn1c(C)c(C)c2nccc(N3CCc4ccccc4C3)c21.Cl. The predicted octanol–water partition coefficient (Wildman–Crippen LogP) is 4.80. The number of rotatable bonds is 5. The number of hydrogen-bond donors (Lipinski definition) is 0. The van der Waals surface area contributed by atoms with Gasteiger partial charge in [0.1, 0.15) is 6.61 Å². The summed E-state index contributed by atoms with van der Waals surface area (Å²) < 4.78 is 7.74. The van der Waals surface area contributed by atoms with E-state index < -0.39 is 0 Å². The van der Waals surface area contributed by atoms with Gasteiger partial charge >= 0.3 is 0 Å². The molecule has 0 spiro atoms. The smallest absolute Gasteiger partial charge is 0.105 e. The number of aromatic nitrogens is 2. The van der Waals surface area contributed by atoms with Crippen molar-refractivity contribution in [3.63, 3.8) is 0 Å². The molecular formula is C22H26ClN3O. The Kier molecular flexibility index (Phi) is 5.76. The topological polar surface area (TPSA) is 30.3 Å². The van der Waals surface area contributed by atoms with Gasteiger partial charge in [0.25, 0.3) is 0 Å². The van der Waals surface area contributed by atoms with E-state index >= 15 is 0 Å². The number of hydrogen-bond acceptors (Lipinski definition) is 3. The summed E-state index contributed by atoms with van der Waals surface area (Å²) in [5.74, 6) is 0. The number of ether oxygens (including phenoxy) is 1. The standard InChI is InChI=1S/C22H25N3O.ClH/c1-4-26-14-13-25-17(3)16(2)21-22(25)20(9-11-23-21)24-12-10-18-7-5-6-8-19(18)15-24;/h4-9,11H,1,10,12-15H2,2-3H3;1H. The Morgan fingerprint density at radius 1 is 1.19 bits per heavy atom. The summed E-state index contributed by atoms with van der Waals surface area (Å²) in [4.78, 5) is 7.16. The highest BCUT2D eigenvalue weighted by Crippen LogP contribution is 2.34. The highest BCUT2D eigenvalue weighted by atomic mass is 35.5. The Bertz CT molecular complexity index is 964. The van der Waals surface area contributed by atoms with E-state index in [4.69, 9.17) is 4.74 Å². The van der Waals surface area contributed by atoms with Gasteiger partial charge in [-0.3, -0.25) is 4.98 Å². The zero-order chi connectivity index (χ0) is 18.1. The van der Waals surface area contributed by atoms with Crippen LogP contribution in [0.1, 0.15) is 22.4 Å². The molecule has 0 saturated carbocycles. The largest absolute Gasteiger partial charge is 0.500 e. The lowest BCUT2D eigenvalue weighted by atomic mass is 9.99. The average Bonchev–Trinajstić information content (AvgIpc) is 2.93. The van der Waals surface area contributed by atoms with Gasteiger partial charge < -0.3 is 14.2 Å². The first-order valence-electron chi connectivity index (χ1n) is 9.19. The molecule has 1 aliphatic rings. The van der Waals surface area contributed by atoms with E-state index in [-0.39, 0.29) is 12.4 Å². The van der Waals surface area contributed by atoms with Crippen LogP contribution in [0.4, 0.5) is 5.69 Å². The molecule has 0 aliphatic carbocycles. The molecule has 0 radical (unpaired) electrons. The summed E-state index contributed by atoms with van der Waals surface area (Å²) in [6.45, 7) is 11.4. The maximum atomic E-state index is 5.39. The van der Waals surface area contributed by atoms with Gasteiger partial charge in [-0.15, -0.1) is 12.4 Å². The Morgan fingerprint density at radius 3 is 2.74 bits per heavy atom. The molecule has 2 aromatic heterocycles. The third kappa shape index (κ3) is 3.42. The number of anilines is 1. The van der Waals surface area contributed by atoms with Crippen molar-refractivity contribution in [2.24, 2.45) is 0 Å². The molecule has 0 amide bonds. The van der Waals surface area contributed by atoms with Crippen LogP contribution in [0.2, 0.25) is 0 Å². The third-order valence-corrected chi connectivity index (χ3v) is 5.50. The fraction of sp³-hybridized carbons (Fsp3) is 0.318. The molecular weight excluding hydrogens is 358 g/mol. The van der Waals surface area contributed by atoms with Crippen molar-refractivity contribution in [3.05, 3.63) is 71.8 Å². The second-order valence-electron chi connectivity index (χ2n) is 6.87. The molecule has 0 atom stereocenters. The van der Waals surface area contributed by atoms with Crippen LogP contribution in [0.3, 0.4) is 0 Å². The number of halogens is 1. The average molecular weight is 384 g/mol. The van der Waals surface area contributed by atoms with Crippen LogP contribution in [0.15, 0.2) is 49.4 Å². The van der Waals surface area contributed by atoms with Crippen LogP contribution in [-0.2, 0) is 24.2 Å². The van der Waals surface area contributed by atoms with E-state index in [0.717, 1.165) is 31.6 Å². The first kappa shape index (κ1) is 19.3. The van der Waals surface area contributed by atoms with E-state index in [0.29, 0.717) is 6.61 Å². The lowest BCUT2D eigenvalue weighted by Gasteiger charge is -2.31. The van der Waals surface area contributed by atoms with Crippen molar-refractivity contribution in [2.45, 2.75) is 33.4 Å². The summed E-state index contributed by atoms with van der Waals surface area (Å²) in [7, 11) is 0. The van der Waals surface area contributed by atoms with Gasteiger partial charge in [-0.1, -0.05) is 30.8 Å². The molecule has 27 heavy (non-hydrogen) atoms. The summed E-state index contributed by atoms with van der Waals surface area (Å²) in [6, 6.07) is 10.9. The van der Waals surface area contributed by atoms with Crippen LogP contribution in [0.25, 0.3) is 11.0 Å². The molecule has 0 fully saturated rings. The zero-order valence-electron chi connectivity index (χ0n) is 15.9. The van der Waals surface area contributed by atoms with Crippen LogP contribution in [0.5, 0.6) is 0 Å². The van der Waals surface area contributed by atoms with Crippen molar-refractivity contribution >= 4 is 29.1 Å². The summed E-state index contributed by atoms with van der Waals surface area (Å²) >= 11 is 0. The molecule has 0 unspecified atom stereocenters. The molecule has 1 aromatic carbocycles. The van der Waals surface area contributed by atoms with E-state index in [2.05, 4.69) is 65.2 Å². The number of aryl methyl sites for hydroxylation is 1. The molecule has 1 aliphatic heterocycles.